The molecule has 0 bridgehead atoms. The number of anilines is 1. The fraction of sp³-hybridized carbons (Fsp3) is 0.476. The number of halogens is 1. The molecule has 3 rings (SSSR count). The lowest BCUT2D eigenvalue weighted by atomic mass is 9.87. The van der Waals surface area contributed by atoms with Crippen molar-refractivity contribution in [3.05, 3.63) is 59.7 Å². The lowest BCUT2D eigenvalue weighted by molar-refractivity contribution is 0.451. The highest BCUT2D eigenvalue weighted by atomic mass is 32.2. The van der Waals surface area contributed by atoms with E-state index in [9.17, 15) is 8.94 Å². The molecule has 1 aliphatic carbocycles. The molecule has 0 radical (unpaired) electrons. The van der Waals surface area contributed by atoms with E-state index in [0.717, 1.165) is 30.5 Å². The highest BCUT2D eigenvalue weighted by molar-refractivity contribution is 7.90. The van der Waals surface area contributed by atoms with Crippen molar-refractivity contribution in [2.45, 2.75) is 56.7 Å². The quantitative estimate of drug-likeness (QED) is 0.541. The van der Waals surface area contributed by atoms with Crippen molar-refractivity contribution in [1.29, 1.82) is 0 Å². The summed E-state index contributed by atoms with van der Waals surface area (Å²) in [4.78, 5) is 4.49. The van der Waals surface area contributed by atoms with E-state index in [4.69, 9.17) is 5.73 Å². The number of nitrogens with one attached hydrogen (secondary N) is 1. The Morgan fingerprint density at radius 2 is 2.04 bits per heavy atom. The van der Waals surface area contributed by atoms with E-state index < -0.39 is 11.4 Å². The molecule has 0 saturated heterocycles. The molecule has 0 unspecified atom stereocenters. The standard InChI is InChI=1S/C21H28FN3OS/c1-21(2,3)27(26)25-20(19-6-4-5-11-24-19)13-16(14-7-8-14)15-9-10-17(22)18(23)12-15/h4-6,9-12,14,16,20,25H,7-8,13,23H2,1-3H3/t16-,20-,27-/m0/s1. The highest BCUT2D eigenvalue weighted by Crippen LogP contribution is 2.47. The van der Waals surface area contributed by atoms with Gasteiger partial charge in [0.1, 0.15) is 10.6 Å². The molecule has 1 aromatic carbocycles. The van der Waals surface area contributed by atoms with Crippen LogP contribution in [0.1, 0.15) is 63.3 Å². The number of rotatable bonds is 7. The SMILES string of the molecule is CC(C)(C)[S@+]([O-])N[C@@H](C[C@H](c1ccc(F)c(N)c1)C1CC1)c1ccccn1. The average molecular weight is 390 g/mol. The number of nitrogens with two attached hydrogens (primary N) is 1. The van der Waals surface area contributed by atoms with Crippen LogP contribution >= 0.6 is 0 Å². The zero-order valence-electron chi connectivity index (χ0n) is 16.1. The molecule has 6 heteroatoms. The summed E-state index contributed by atoms with van der Waals surface area (Å²) in [5.74, 6) is 0.386. The molecule has 0 amide bonds. The Bertz CT molecular complexity index is 762. The maximum absolute atomic E-state index is 13.6. The predicted molar refractivity (Wildman–Crippen MR) is 109 cm³/mol. The van der Waals surface area contributed by atoms with Gasteiger partial charge in [-0.15, -0.1) is 4.72 Å². The summed E-state index contributed by atoms with van der Waals surface area (Å²) >= 11 is -1.22. The molecule has 1 heterocycles. The van der Waals surface area contributed by atoms with E-state index >= 15 is 0 Å². The van der Waals surface area contributed by atoms with Crippen LogP contribution in [-0.2, 0) is 11.4 Å². The highest BCUT2D eigenvalue weighted by Gasteiger charge is 2.37. The fourth-order valence-electron chi connectivity index (χ4n) is 3.26. The van der Waals surface area contributed by atoms with Crippen LogP contribution in [0.5, 0.6) is 0 Å². The zero-order valence-corrected chi connectivity index (χ0v) is 16.9. The third kappa shape index (κ3) is 5.21. The minimum absolute atomic E-state index is 0.150. The molecule has 146 valence electrons. The summed E-state index contributed by atoms with van der Waals surface area (Å²) in [5, 5.41) is 0. The number of aromatic nitrogens is 1. The molecule has 27 heavy (non-hydrogen) atoms. The van der Waals surface area contributed by atoms with Crippen LogP contribution < -0.4 is 10.5 Å². The van der Waals surface area contributed by atoms with Crippen LogP contribution in [0.4, 0.5) is 10.1 Å². The molecule has 1 aromatic heterocycles. The Morgan fingerprint density at radius 1 is 1.30 bits per heavy atom. The van der Waals surface area contributed by atoms with E-state index in [1.165, 1.54) is 6.07 Å². The van der Waals surface area contributed by atoms with Crippen LogP contribution in [-0.4, -0.2) is 14.3 Å². The van der Waals surface area contributed by atoms with E-state index in [-0.39, 0.29) is 28.2 Å². The Morgan fingerprint density at radius 3 is 2.59 bits per heavy atom. The van der Waals surface area contributed by atoms with Crippen LogP contribution in [0, 0.1) is 11.7 Å². The van der Waals surface area contributed by atoms with Gasteiger partial charge in [0.2, 0.25) is 0 Å². The zero-order chi connectivity index (χ0) is 19.6. The Kier molecular flexibility index (Phi) is 6.08. The van der Waals surface area contributed by atoms with Gasteiger partial charge in [0, 0.05) is 17.6 Å². The van der Waals surface area contributed by atoms with E-state index in [0.29, 0.717) is 5.92 Å². The number of nitrogens with zero attached hydrogens (tertiary/aromatic N) is 1. The average Bonchev–Trinajstić information content (AvgIpc) is 3.46. The molecule has 2 aromatic rings. The molecule has 1 aliphatic rings. The van der Waals surface area contributed by atoms with Crippen LogP contribution in [0.2, 0.25) is 0 Å². The van der Waals surface area contributed by atoms with Crippen LogP contribution in [0.25, 0.3) is 0 Å². The summed E-state index contributed by atoms with van der Waals surface area (Å²) in [7, 11) is 0. The van der Waals surface area contributed by atoms with Gasteiger partial charge in [0.05, 0.1) is 17.4 Å². The van der Waals surface area contributed by atoms with Crippen molar-refractivity contribution >= 4 is 17.0 Å². The van der Waals surface area contributed by atoms with Gasteiger partial charge in [0.15, 0.2) is 0 Å². The van der Waals surface area contributed by atoms with Gasteiger partial charge in [-0.1, -0.05) is 12.1 Å². The first-order chi connectivity index (χ1) is 12.8. The van der Waals surface area contributed by atoms with E-state index in [2.05, 4.69) is 9.71 Å². The molecule has 3 N–H and O–H groups in total. The van der Waals surface area contributed by atoms with Crippen molar-refractivity contribution in [3.63, 3.8) is 0 Å². The number of nitrogen functional groups attached to an aromatic ring is 1. The molecule has 1 fully saturated rings. The molecular formula is C21H28FN3OS. The second kappa shape index (κ2) is 8.17. The number of pyridine rings is 1. The largest absolute Gasteiger partial charge is 0.598 e. The van der Waals surface area contributed by atoms with Crippen LogP contribution in [0.15, 0.2) is 42.6 Å². The van der Waals surface area contributed by atoms with E-state index in [1.54, 1.807) is 12.3 Å². The summed E-state index contributed by atoms with van der Waals surface area (Å²) in [5.41, 5.74) is 7.90. The van der Waals surface area contributed by atoms with Crippen molar-refractivity contribution in [3.8, 4) is 0 Å². The second-order valence-electron chi connectivity index (χ2n) is 8.27. The van der Waals surface area contributed by atoms with Crippen molar-refractivity contribution in [2.24, 2.45) is 5.92 Å². The molecule has 4 nitrogen and oxygen atoms in total. The van der Waals surface area contributed by atoms with Gasteiger partial charge in [-0.3, -0.25) is 4.98 Å². The summed E-state index contributed by atoms with van der Waals surface area (Å²) in [6, 6.07) is 10.6. The maximum Gasteiger partial charge on any atom is 0.146 e. The predicted octanol–water partition coefficient (Wildman–Crippen LogP) is 4.48. The molecule has 1 saturated carbocycles. The normalized spacial score (nSPS) is 18.1. The molecular weight excluding hydrogens is 361 g/mol. The number of benzene rings is 1. The molecule has 0 spiro atoms. The lowest BCUT2D eigenvalue weighted by Crippen LogP contribution is -2.42. The monoisotopic (exact) mass is 389 g/mol. The summed E-state index contributed by atoms with van der Waals surface area (Å²) < 4.78 is 29.3. The Labute approximate surface area is 164 Å². The topological polar surface area (TPSA) is 74.0 Å². The fourth-order valence-corrected chi connectivity index (χ4v) is 4.09. The first kappa shape index (κ1) is 20.1. The summed E-state index contributed by atoms with van der Waals surface area (Å²) in [6.45, 7) is 5.85. The Balaban J connectivity index is 1.87. The minimum atomic E-state index is -1.22. The minimum Gasteiger partial charge on any atom is -0.598 e. The van der Waals surface area contributed by atoms with Crippen LogP contribution in [0.3, 0.4) is 0 Å². The maximum atomic E-state index is 13.6. The second-order valence-corrected chi connectivity index (χ2v) is 10.3. The molecule has 3 atom stereocenters. The van der Waals surface area contributed by atoms with Crippen molar-refractivity contribution in [2.75, 3.05) is 5.73 Å². The number of hydrogen-bond donors (Lipinski definition) is 2. The summed E-state index contributed by atoms with van der Waals surface area (Å²) in [6.07, 6.45) is 4.80. The molecule has 0 aliphatic heterocycles. The first-order valence-electron chi connectivity index (χ1n) is 9.39. The smallest absolute Gasteiger partial charge is 0.146 e. The third-order valence-corrected chi connectivity index (χ3v) is 6.59. The van der Waals surface area contributed by atoms with Crippen molar-refractivity contribution in [1.82, 2.24) is 9.71 Å². The first-order valence-corrected chi connectivity index (χ1v) is 10.5. The Hall–Kier alpha value is -1.63. The van der Waals surface area contributed by atoms with Crippen molar-refractivity contribution < 1.29 is 8.94 Å². The third-order valence-electron chi connectivity index (χ3n) is 4.98. The van der Waals surface area contributed by atoms with Gasteiger partial charge >= 0.3 is 0 Å². The van der Waals surface area contributed by atoms with Gasteiger partial charge in [0.25, 0.3) is 0 Å². The van der Waals surface area contributed by atoms with Gasteiger partial charge in [-0.25, -0.2) is 4.39 Å². The van der Waals surface area contributed by atoms with Gasteiger partial charge < -0.3 is 10.3 Å². The van der Waals surface area contributed by atoms with Gasteiger partial charge in [-0.05, 0) is 81.7 Å². The lowest BCUT2D eigenvalue weighted by Gasteiger charge is -2.30. The number of hydrogen-bond acceptors (Lipinski definition) is 4. The van der Waals surface area contributed by atoms with E-state index in [1.807, 2.05) is 45.0 Å². The van der Waals surface area contributed by atoms with Gasteiger partial charge in [-0.2, -0.15) is 0 Å².